The van der Waals surface area contributed by atoms with Crippen LogP contribution >= 0.6 is 0 Å². The first kappa shape index (κ1) is 11.6. The van der Waals surface area contributed by atoms with Crippen molar-refractivity contribution in [2.24, 2.45) is 5.92 Å². The maximum Gasteiger partial charge on any atom is 0.182 e. The molecule has 0 spiro atoms. The van der Waals surface area contributed by atoms with Gasteiger partial charge in [-0.3, -0.25) is 0 Å². The molecule has 1 heterocycles. The fourth-order valence-electron chi connectivity index (χ4n) is 1.93. The van der Waals surface area contributed by atoms with Crippen molar-refractivity contribution in [2.75, 3.05) is 13.2 Å². The minimum Gasteiger partial charge on any atom is -0.374 e. The van der Waals surface area contributed by atoms with Crippen molar-refractivity contribution in [1.82, 2.24) is 0 Å². The van der Waals surface area contributed by atoms with Gasteiger partial charge in [0.15, 0.2) is 5.67 Å². The first-order valence-electron chi connectivity index (χ1n) is 6.00. The van der Waals surface area contributed by atoms with Crippen LogP contribution in [-0.4, -0.2) is 13.2 Å². The number of rotatable bonds is 4. The van der Waals surface area contributed by atoms with Crippen LogP contribution in [0.1, 0.15) is 31.4 Å². The third-order valence-electron chi connectivity index (χ3n) is 3.41. The lowest BCUT2D eigenvalue weighted by Crippen LogP contribution is -2.42. The lowest BCUT2D eigenvalue weighted by atomic mass is 9.91. The topological polar surface area (TPSA) is 9.23 Å². The zero-order chi connectivity index (χ0) is 11.6. The highest BCUT2D eigenvalue weighted by atomic mass is 19.1. The van der Waals surface area contributed by atoms with Gasteiger partial charge in [-0.05, 0) is 23.5 Å². The normalized spacial score (nSPS) is 20.2. The van der Waals surface area contributed by atoms with Crippen LogP contribution in [0.3, 0.4) is 0 Å². The molecule has 1 aliphatic rings. The first-order chi connectivity index (χ1) is 7.64. The summed E-state index contributed by atoms with van der Waals surface area (Å²) in [7, 11) is 0. The third-order valence-corrected chi connectivity index (χ3v) is 3.41. The quantitative estimate of drug-likeness (QED) is 0.758. The molecule has 1 unspecified atom stereocenters. The van der Waals surface area contributed by atoms with Crippen LogP contribution in [0.5, 0.6) is 0 Å². The fourth-order valence-corrected chi connectivity index (χ4v) is 1.93. The first-order valence-corrected chi connectivity index (χ1v) is 6.00. The van der Waals surface area contributed by atoms with Gasteiger partial charge in [-0.25, -0.2) is 4.39 Å². The number of hydrogen-bond acceptors (Lipinski definition) is 1. The van der Waals surface area contributed by atoms with Crippen molar-refractivity contribution in [2.45, 2.75) is 32.4 Å². The molecule has 0 saturated carbocycles. The largest absolute Gasteiger partial charge is 0.374 e. The molecular weight excluding hydrogens is 203 g/mol. The summed E-state index contributed by atoms with van der Waals surface area (Å²) < 4.78 is 18.9. The van der Waals surface area contributed by atoms with Gasteiger partial charge in [-0.1, -0.05) is 44.5 Å². The number of benzene rings is 1. The van der Waals surface area contributed by atoms with Crippen LogP contribution in [0, 0.1) is 5.92 Å². The van der Waals surface area contributed by atoms with E-state index >= 15 is 0 Å². The summed E-state index contributed by atoms with van der Waals surface area (Å²) in [5.74, 6) is 0.692. The monoisotopic (exact) mass is 222 g/mol. The molecule has 1 aromatic rings. The molecule has 1 aliphatic heterocycles. The zero-order valence-electron chi connectivity index (χ0n) is 10.0. The van der Waals surface area contributed by atoms with Gasteiger partial charge in [-0.15, -0.1) is 0 Å². The average Bonchev–Trinajstić information content (AvgIpc) is 2.27. The highest BCUT2D eigenvalue weighted by molar-refractivity contribution is 5.29. The molecule has 2 heteroatoms. The molecule has 0 bridgehead atoms. The SMILES string of the molecule is CCC(C)Cc1ccc(C2(F)COC2)cc1. The Labute approximate surface area is 96.6 Å². The average molecular weight is 222 g/mol. The van der Waals surface area contributed by atoms with Gasteiger partial charge in [0.05, 0.1) is 13.2 Å². The molecule has 1 saturated heterocycles. The molecule has 1 aromatic carbocycles. The molecule has 1 fully saturated rings. The van der Waals surface area contributed by atoms with E-state index in [-0.39, 0.29) is 13.2 Å². The molecule has 0 aliphatic carbocycles. The van der Waals surface area contributed by atoms with Gasteiger partial charge in [0, 0.05) is 0 Å². The Morgan fingerprint density at radius 3 is 2.38 bits per heavy atom. The Kier molecular flexibility index (Phi) is 3.29. The van der Waals surface area contributed by atoms with E-state index in [9.17, 15) is 4.39 Å². The zero-order valence-corrected chi connectivity index (χ0v) is 10.0. The molecule has 1 nitrogen and oxygen atoms in total. The van der Waals surface area contributed by atoms with E-state index in [2.05, 4.69) is 13.8 Å². The van der Waals surface area contributed by atoms with Crippen molar-refractivity contribution in [3.8, 4) is 0 Å². The van der Waals surface area contributed by atoms with Crippen molar-refractivity contribution in [1.29, 1.82) is 0 Å². The predicted molar refractivity (Wildman–Crippen MR) is 63.2 cm³/mol. The number of ether oxygens (including phenoxy) is 1. The van der Waals surface area contributed by atoms with Crippen LogP contribution in [-0.2, 0) is 16.8 Å². The second-order valence-electron chi connectivity index (χ2n) is 4.87. The predicted octanol–water partition coefficient (Wildman–Crippen LogP) is 3.47. The van der Waals surface area contributed by atoms with Gasteiger partial charge >= 0.3 is 0 Å². The Morgan fingerprint density at radius 2 is 1.94 bits per heavy atom. The minimum absolute atomic E-state index is 0.206. The smallest absolute Gasteiger partial charge is 0.182 e. The molecule has 1 atom stereocenters. The van der Waals surface area contributed by atoms with Gasteiger partial charge in [0.2, 0.25) is 0 Å². The van der Waals surface area contributed by atoms with Gasteiger partial charge in [-0.2, -0.15) is 0 Å². The Balaban J connectivity index is 2.04. The summed E-state index contributed by atoms with van der Waals surface area (Å²) in [6, 6.07) is 7.89. The minimum atomic E-state index is -1.23. The number of halogens is 1. The summed E-state index contributed by atoms with van der Waals surface area (Å²) in [5.41, 5.74) is 0.822. The van der Waals surface area contributed by atoms with Crippen LogP contribution in [0.2, 0.25) is 0 Å². The summed E-state index contributed by atoms with van der Waals surface area (Å²) >= 11 is 0. The van der Waals surface area contributed by atoms with Crippen molar-refractivity contribution in [3.63, 3.8) is 0 Å². The maximum absolute atomic E-state index is 14.0. The summed E-state index contributed by atoms with van der Waals surface area (Å²) in [4.78, 5) is 0. The molecule has 0 radical (unpaired) electrons. The highest BCUT2D eigenvalue weighted by Gasteiger charge is 2.40. The van der Waals surface area contributed by atoms with Crippen LogP contribution < -0.4 is 0 Å². The van der Waals surface area contributed by atoms with Gasteiger partial charge in [0.1, 0.15) is 0 Å². The number of hydrogen-bond donors (Lipinski definition) is 0. The van der Waals surface area contributed by atoms with E-state index in [4.69, 9.17) is 4.74 Å². The maximum atomic E-state index is 14.0. The van der Waals surface area contributed by atoms with Crippen molar-refractivity contribution < 1.29 is 9.13 Å². The van der Waals surface area contributed by atoms with E-state index < -0.39 is 5.67 Å². The Morgan fingerprint density at radius 1 is 1.31 bits per heavy atom. The van der Waals surface area contributed by atoms with Gasteiger partial charge in [0.25, 0.3) is 0 Å². The van der Waals surface area contributed by atoms with Crippen LogP contribution in [0.25, 0.3) is 0 Å². The van der Waals surface area contributed by atoms with E-state index in [1.807, 2.05) is 24.3 Å². The van der Waals surface area contributed by atoms with Gasteiger partial charge < -0.3 is 4.74 Å². The molecule has 0 amide bonds. The van der Waals surface area contributed by atoms with E-state index in [1.54, 1.807) is 0 Å². The molecule has 0 N–H and O–H groups in total. The number of alkyl halides is 1. The molecule has 88 valence electrons. The Hall–Kier alpha value is -0.890. The summed E-state index contributed by atoms with van der Waals surface area (Å²) in [6.45, 7) is 4.85. The third kappa shape index (κ3) is 2.27. The fraction of sp³-hybridized carbons (Fsp3) is 0.571. The summed E-state index contributed by atoms with van der Waals surface area (Å²) in [6.07, 6.45) is 2.26. The lowest BCUT2D eigenvalue weighted by molar-refractivity contribution is -0.135. The lowest BCUT2D eigenvalue weighted by Gasteiger charge is -2.34. The van der Waals surface area contributed by atoms with Crippen molar-refractivity contribution in [3.05, 3.63) is 35.4 Å². The second kappa shape index (κ2) is 4.54. The van der Waals surface area contributed by atoms with Crippen LogP contribution in [0.4, 0.5) is 4.39 Å². The standard InChI is InChI=1S/C14H19FO/c1-3-11(2)8-12-4-6-13(7-5-12)14(15)9-16-10-14/h4-7,11H,3,8-10H2,1-2H3. The van der Waals surface area contributed by atoms with E-state index in [0.717, 1.165) is 12.0 Å². The summed E-state index contributed by atoms with van der Waals surface area (Å²) in [5, 5.41) is 0. The molecule has 0 aromatic heterocycles. The molecular formula is C14H19FO. The second-order valence-corrected chi connectivity index (χ2v) is 4.87. The van der Waals surface area contributed by atoms with E-state index in [1.165, 1.54) is 12.0 Å². The Bertz CT molecular complexity index is 340. The van der Waals surface area contributed by atoms with E-state index in [0.29, 0.717) is 5.92 Å². The highest BCUT2D eigenvalue weighted by Crippen LogP contribution is 2.33. The van der Waals surface area contributed by atoms with Crippen LogP contribution in [0.15, 0.2) is 24.3 Å². The molecule has 2 rings (SSSR count). The van der Waals surface area contributed by atoms with Crippen molar-refractivity contribution >= 4 is 0 Å². The molecule has 16 heavy (non-hydrogen) atoms.